The monoisotopic (exact) mass is 463 g/mol. The number of rotatable bonds is 7. The molecular weight excluding hydrogens is 439 g/mol. The summed E-state index contributed by atoms with van der Waals surface area (Å²) in [5.74, 6) is -0.169. The first-order valence-corrected chi connectivity index (χ1v) is 10.1. The van der Waals surface area contributed by atoms with Gasteiger partial charge in [0.2, 0.25) is 0 Å². The van der Waals surface area contributed by atoms with E-state index in [1.807, 2.05) is 0 Å². The van der Waals surface area contributed by atoms with Crippen molar-refractivity contribution in [3.63, 3.8) is 0 Å². The van der Waals surface area contributed by atoms with Crippen LogP contribution in [0, 0.1) is 0 Å². The van der Waals surface area contributed by atoms with Gasteiger partial charge in [-0.1, -0.05) is 24.3 Å². The molecule has 0 saturated carbocycles. The molecule has 33 heavy (non-hydrogen) atoms. The molecule has 0 aliphatic carbocycles. The molecule has 0 spiro atoms. The number of hydrogen-bond acceptors (Lipinski definition) is 4. The van der Waals surface area contributed by atoms with Crippen molar-refractivity contribution in [2.24, 2.45) is 0 Å². The minimum Gasteiger partial charge on any atom is -0.495 e. The molecule has 0 saturated heterocycles. The fourth-order valence-electron chi connectivity index (χ4n) is 3.61. The summed E-state index contributed by atoms with van der Waals surface area (Å²) in [6, 6.07) is 9.65. The summed E-state index contributed by atoms with van der Waals surface area (Å²) < 4.78 is 50.2. The molecule has 0 aromatic heterocycles. The highest BCUT2D eigenvalue weighted by Crippen LogP contribution is 2.36. The van der Waals surface area contributed by atoms with Crippen molar-refractivity contribution in [2.45, 2.75) is 19.1 Å². The number of amides is 3. The summed E-state index contributed by atoms with van der Waals surface area (Å²) in [4.78, 5) is 27.5. The maximum Gasteiger partial charge on any atom is 0.416 e. The molecule has 10 heteroatoms. The zero-order chi connectivity index (χ0) is 24.2. The van der Waals surface area contributed by atoms with Crippen LogP contribution in [0.15, 0.2) is 59.8 Å². The number of carbonyl (C=O) groups is 2. The number of carbonyl (C=O) groups excluding carboxylic acids is 2. The molecule has 0 fully saturated rings. The second-order valence-electron chi connectivity index (χ2n) is 7.30. The lowest BCUT2D eigenvalue weighted by molar-refractivity contribution is -0.137. The number of nitrogens with one attached hydrogen (secondary N) is 2. The molecule has 2 aromatic carbocycles. The first-order valence-electron chi connectivity index (χ1n) is 10.1. The lowest BCUT2D eigenvalue weighted by Gasteiger charge is -2.36. The van der Waals surface area contributed by atoms with E-state index in [0.29, 0.717) is 17.1 Å². The quantitative estimate of drug-likeness (QED) is 0.640. The van der Waals surface area contributed by atoms with Crippen LogP contribution in [-0.4, -0.2) is 44.2 Å². The molecule has 7 nitrogen and oxygen atoms in total. The smallest absolute Gasteiger partial charge is 0.416 e. The number of alkyl halides is 3. The fraction of sp³-hybridized carbons (Fsp3) is 0.304. The number of urea groups is 1. The van der Waals surface area contributed by atoms with Crippen molar-refractivity contribution in [1.29, 1.82) is 0 Å². The van der Waals surface area contributed by atoms with Crippen LogP contribution in [0.3, 0.4) is 0 Å². The van der Waals surface area contributed by atoms with Crippen molar-refractivity contribution in [1.82, 2.24) is 10.2 Å². The molecule has 176 valence electrons. The number of nitrogens with zero attached hydrogens (tertiary/aromatic N) is 1. The van der Waals surface area contributed by atoms with Crippen LogP contribution in [-0.2, 0) is 15.7 Å². The van der Waals surface area contributed by atoms with E-state index >= 15 is 0 Å². The average molecular weight is 463 g/mol. The Balaban J connectivity index is 2.07. The Bertz CT molecular complexity index is 1070. The fourth-order valence-corrected chi connectivity index (χ4v) is 3.61. The predicted molar refractivity (Wildman–Crippen MR) is 116 cm³/mol. The maximum absolute atomic E-state index is 13.4. The zero-order valence-electron chi connectivity index (χ0n) is 18.3. The number of halogens is 3. The minimum absolute atomic E-state index is 0.107. The highest BCUT2D eigenvalue weighted by molar-refractivity contribution is 6.07. The molecule has 2 aromatic rings. The van der Waals surface area contributed by atoms with Crippen LogP contribution in [0.2, 0.25) is 0 Å². The molecule has 2 N–H and O–H groups in total. The third kappa shape index (κ3) is 5.28. The van der Waals surface area contributed by atoms with E-state index in [9.17, 15) is 22.8 Å². The highest BCUT2D eigenvalue weighted by Gasteiger charge is 2.37. The largest absolute Gasteiger partial charge is 0.495 e. The van der Waals surface area contributed by atoms with E-state index < -0.39 is 29.7 Å². The standard InChI is InChI=1S/C23H24F3N3O4/c1-14-19(21(30)27-17-9-4-5-10-18(17)33-3)20(28-22(31)29(14)11-12-32-2)15-7-6-8-16(13-15)23(24,25)26/h4-10,13,20H,11-12H2,1-3H3,(H,27,30)(H,28,31)/t20-/m0/s1. The van der Waals surface area contributed by atoms with Gasteiger partial charge >= 0.3 is 12.2 Å². The van der Waals surface area contributed by atoms with E-state index in [0.717, 1.165) is 12.1 Å². The second-order valence-corrected chi connectivity index (χ2v) is 7.30. The summed E-state index contributed by atoms with van der Waals surface area (Å²) in [6.45, 7) is 1.95. The van der Waals surface area contributed by atoms with Gasteiger partial charge in [-0.05, 0) is 36.8 Å². The Morgan fingerprint density at radius 1 is 1.15 bits per heavy atom. The predicted octanol–water partition coefficient (Wildman–Crippen LogP) is 4.34. The second kappa shape index (κ2) is 9.95. The Labute approximate surface area is 189 Å². The van der Waals surface area contributed by atoms with Crippen molar-refractivity contribution in [3.05, 3.63) is 70.9 Å². The van der Waals surface area contributed by atoms with E-state index in [-0.39, 0.29) is 24.3 Å². The van der Waals surface area contributed by atoms with E-state index in [1.165, 1.54) is 31.3 Å². The van der Waals surface area contributed by atoms with Crippen LogP contribution < -0.4 is 15.4 Å². The molecule has 1 heterocycles. The Morgan fingerprint density at radius 3 is 2.55 bits per heavy atom. The van der Waals surface area contributed by atoms with Crippen molar-refractivity contribution in [3.8, 4) is 5.75 Å². The number of para-hydroxylation sites is 2. The lowest BCUT2D eigenvalue weighted by Crippen LogP contribution is -2.49. The van der Waals surface area contributed by atoms with Gasteiger partial charge in [-0.15, -0.1) is 0 Å². The van der Waals surface area contributed by atoms with Crippen LogP contribution in [0.25, 0.3) is 0 Å². The van der Waals surface area contributed by atoms with Gasteiger partial charge in [0, 0.05) is 12.8 Å². The molecular formula is C23H24F3N3O4. The molecule has 1 aliphatic heterocycles. The first-order chi connectivity index (χ1) is 15.7. The van der Waals surface area contributed by atoms with Crippen LogP contribution >= 0.6 is 0 Å². The van der Waals surface area contributed by atoms with Crippen molar-refractivity contribution in [2.75, 3.05) is 32.7 Å². The third-order valence-corrected chi connectivity index (χ3v) is 5.26. The maximum atomic E-state index is 13.4. The summed E-state index contributed by atoms with van der Waals surface area (Å²) in [7, 11) is 2.93. The van der Waals surface area contributed by atoms with E-state index in [2.05, 4.69) is 10.6 Å². The van der Waals surface area contributed by atoms with Gasteiger partial charge in [0.1, 0.15) is 5.75 Å². The number of hydrogen-bond donors (Lipinski definition) is 2. The molecule has 1 atom stereocenters. The van der Waals surface area contributed by atoms with Crippen molar-refractivity contribution >= 4 is 17.6 Å². The lowest BCUT2D eigenvalue weighted by atomic mass is 9.93. The topological polar surface area (TPSA) is 79.9 Å². The minimum atomic E-state index is -4.57. The van der Waals surface area contributed by atoms with E-state index in [4.69, 9.17) is 9.47 Å². The van der Waals surface area contributed by atoms with Gasteiger partial charge in [-0.2, -0.15) is 13.2 Å². The molecule has 0 radical (unpaired) electrons. The normalized spacial score (nSPS) is 16.5. The Hall–Kier alpha value is -3.53. The highest BCUT2D eigenvalue weighted by atomic mass is 19.4. The van der Waals surface area contributed by atoms with Gasteiger partial charge in [0.15, 0.2) is 0 Å². The summed E-state index contributed by atoms with van der Waals surface area (Å²) >= 11 is 0. The van der Waals surface area contributed by atoms with Gasteiger partial charge in [-0.3, -0.25) is 9.69 Å². The number of benzene rings is 2. The van der Waals surface area contributed by atoms with Gasteiger partial charge in [0.05, 0.1) is 43.1 Å². The van der Waals surface area contributed by atoms with Crippen molar-refractivity contribution < 1.29 is 32.2 Å². The molecule has 3 rings (SSSR count). The number of anilines is 1. The zero-order valence-corrected chi connectivity index (χ0v) is 18.3. The molecule has 1 aliphatic rings. The summed E-state index contributed by atoms with van der Waals surface area (Å²) in [5.41, 5.74) is 0.0577. The third-order valence-electron chi connectivity index (χ3n) is 5.26. The van der Waals surface area contributed by atoms with Gasteiger partial charge in [-0.25, -0.2) is 4.79 Å². The molecule has 0 bridgehead atoms. The van der Waals surface area contributed by atoms with E-state index in [1.54, 1.807) is 31.2 Å². The number of methoxy groups -OCH3 is 2. The van der Waals surface area contributed by atoms with Crippen LogP contribution in [0.5, 0.6) is 5.75 Å². The average Bonchev–Trinajstić information content (AvgIpc) is 2.78. The Morgan fingerprint density at radius 2 is 1.88 bits per heavy atom. The number of ether oxygens (including phenoxy) is 2. The van der Waals surface area contributed by atoms with Crippen LogP contribution in [0.1, 0.15) is 24.1 Å². The molecule has 3 amide bonds. The Kier molecular flexibility index (Phi) is 7.27. The van der Waals surface area contributed by atoms with Gasteiger partial charge < -0.3 is 20.1 Å². The van der Waals surface area contributed by atoms with Gasteiger partial charge in [0.25, 0.3) is 5.91 Å². The SMILES string of the molecule is COCCN1C(=O)N[C@@H](c2cccc(C(F)(F)F)c2)C(C(=O)Nc2ccccc2OC)=C1C. The number of allylic oxidation sites excluding steroid dienone is 1. The summed E-state index contributed by atoms with van der Waals surface area (Å²) in [6.07, 6.45) is -4.57. The molecule has 0 unspecified atom stereocenters. The van der Waals surface area contributed by atoms with Crippen LogP contribution in [0.4, 0.5) is 23.7 Å². The first kappa shape index (κ1) is 24.1. The summed E-state index contributed by atoms with van der Waals surface area (Å²) in [5, 5.41) is 5.40.